The first-order valence-corrected chi connectivity index (χ1v) is 6.84. The van der Waals surface area contributed by atoms with Gasteiger partial charge in [0.25, 0.3) is 0 Å². The maximum atomic E-state index is 11.0. The molecular formula is C11H20Cl2N2O3. The first-order valence-electron chi connectivity index (χ1n) is 5.78. The van der Waals surface area contributed by atoms with Gasteiger partial charge in [0, 0.05) is 18.7 Å². The number of alkyl halides is 2. The Morgan fingerprint density at radius 1 is 1.06 bits per heavy atom. The summed E-state index contributed by atoms with van der Waals surface area (Å²) in [5.74, 6) is -0.485. The fourth-order valence-corrected chi connectivity index (χ4v) is 1.42. The standard InChI is InChI=1S/C11H20Cl2N2O3/c1-8(14-10(16)5-12)3-4-18-7-9(2)15-11(17)6-13/h8-9H,3-7H2,1-2H3,(H,14,16)(H,15,17). The smallest absolute Gasteiger partial charge is 0.235 e. The van der Waals surface area contributed by atoms with Crippen molar-refractivity contribution in [2.75, 3.05) is 25.0 Å². The Morgan fingerprint density at radius 2 is 1.56 bits per heavy atom. The monoisotopic (exact) mass is 298 g/mol. The molecule has 0 aromatic heterocycles. The Kier molecular flexibility index (Phi) is 10.1. The van der Waals surface area contributed by atoms with Crippen LogP contribution in [0.25, 0.3) is 0 Å². The summed E-state index contributed by atoms with van der Waals surface area (Å²) in [5, 5.41) is 5.40. The van der Waals surface area contributed by atoms with Crippen molar-refractivity contribution in [3.8, 4) is 0 Å². The Bertz CT molecular complexity index is 239. The Morgan fingerprint density at radius 3 is 2.06 bits per heavy atom. The molecule has 0 radical (unpaired) electrons. The van der Waals surface area contributed by atoms with Crippen LogP contribution in [0.5, 0.6) is 0 Å². The molecule has 0 aromatic rings. The highest BCUT2D eigenvalue weighted by molar-refractivity contribution is 6.27. The van der Waals surface area contributed by atoms with Crippen LogP contribution < -0.4 is 10.6 Å². The molecule has 18 heavy (non-hydrogen) atoms. The summed E-state index contributed by atoms with van der Waals surface area (Å²) >= 11 is 10.7. The van der Waals surface area contributed by atoms with Gasteiger partial charge in [0.1, 0.15) is 11.8 Å². The molecule has 0 aliphatic rings. The van der Waals surface area contributed by atoms with E-state index in [-0.39, 0.29) is 35.7 Å². The molecule has 0 heterocycles. The van der Waals surface area contributed by atoms with E-state index in [1.165, 1.54) is 0 Å². The van der Waals surface area contributed by atoms with Gasteiger partial charge in [0.05, 0.1) is 6.61 Å². The van der Waals surface area contributed by atoms with Crippen molar-refractivity contribution in [2.24, 2.45) is 0 Å². The first-order chi connectivity index (χ1) is 8.49. The van der Waals surface area contributed by atoms with Crippen molar-refractivity contribution in [1.29, 1.82) is 0 Å². The molecule has 2 amide bonds. The number of hydrogen-bond acceptors (Lipinski definition) is 3. The van der Waals surface area contributed by atoms with Crippen LogP contribution in [0, 0.1) is 0 Å². The number of carbonyl (C=O) groups excluding carboxylic acids is 2. The quantitative estimate of drug-likeness (QED) is 0.490. The van der Waals surface area contributed by atoms with Crippen molar-refractivity contribution in [2.45, 2.75) is 32.4 Å². The average molecular weight is 299 g/mol. The molecule has 7 heteroatoms. The van der Waals surface area contributed by atoms with Crippen LogP contribution in [-0.2, 0) is 14.3 Å². The molecule has 0 aromatic carbocycles. The van der Waals surface area contributed by atoms with E-state index in [2.05, 4.69) is 10.6 Å². The van der Waals surface area contributed by atoms with E-state index in [9.17, 15) is 9.59 Å². The molecule has 0 bridgehead atoms. The van der Waals surface area contributed by atoms with Crippen molar-refractivity contribution < 1.29 is 14.3 Å². The highest BCUT2D eigenvalue weighted by Gasteiger charge is 2.08. The molecule has 0 aliphatic heterocycles. The third kappa shape index (κ3) is 9.50. The zero-order valence-electron chi connectivity index (χ0n) is 10.7. The lowest BCUT2D eigenvalue weighted by atomic mass is 10.2. The minimum Gasteiger partial charge on any atom is -0.379 e. The number of halogens is 2. The summed E-state index contributed by atoms with van der Waals surface area (Å²) in [5.41, 5.74) is 0. The van der Waals surface area contributed by atoms with Crippen LogP contribution in [0.2, 0.25) is 0 Å². The number of ether oxygens (including phenoxy) is 1. The predicted molar refractivity (Wildman–Crippen MR) is 72.1 cm³/mol. The van der Waals surface area contributed by atoms with E-state index in [1.54, 1.807) is 0 Å². The third-order valence-corrected chi connectivity index (χ3v) is 2.61. The SMILES string of the molecule is CC(CCOCC(C)NC(=O)CCl)NC(=O)CCl. The molecule has 0 saturated heterocycles. The Balaban J connectivity index is 3.54. The number of amides is 2. The molecule has 106 valence electrons. The largest absolute Gasteiger partial charge is 0.379 e. The minimum atomic E-state index is -0.212. The maximum absolute atomic E-state index is 11.0. The second-order valence-corrected chi connectivity index (χ2v) is 4.60. The Labute approximate surface area is 118 Å². The van der Waals surface area contributed by atoms with Crippen LogP contribution in [-0.4, -0.2) is 48.9 Å². The van der Waals surface area contributed by atoms with Crippen LogP contribution in [0.15, 0.2) is 0 Å². The van der Waals surface area contributed by atoms with E-state index in [4.69, 9.17) is 27.9 Å². The number of hydrogen-bond donors (Lipinski definition) is 2. The van der Waals surface area contributed by atoms with Gasteiger partial charge < -0.3 is 15.4 Å². The summed E-state index contributed by atoms with van der Waals surface area (Å²) in [6.45, 7) is 4.64. The normalized spacial score (nSPS) is 13.8. The topological polar surface area (TPSA) is 67.4 Å². The van der Waals surface area contributed by atoms with Gasteiger partial charge >= 0.3 is 0 Å². The van der Waals surface area contributed by atoms with Gasteiger partial charge in [-0.05, 0) is 20.3 Å². The molecule has 2 unspecified atom stereocenters. The van der Waals surface area contributed by atoms with Crippen LogP contribution >= 0.6 is 23.2 Å². The highest BCUT2D eigenvalue weighted by atomic mass is 35.5. The van der Waals surface area contributed by atoms with Crippen molar-refractivity contribution in [3.05, 3.63) is 0 Å². The third-order valence-electron chi connectivity index (χ3n) is 2.12. The lowest BCUT2D eigenvalue weighted by molar-refractivity contribution is -0.120. The van der Waals surface area contributed by atoms with Gasteiger partial charge in [-0.15, -0.1) is 23.2 Å². The van der Waals surface area contributed by atoms with Crippen molar-refractivity contribution >= 4 is 35.0 Å². The minimum absolute atomic E-state index is 0.0176. The van der Waals surface area contributed by atoms with Crippen LogP contribution in [0.1, 0.15) is 20.3 Å². The van der Waals surface area contributed by atoms with E-state index in [0.717, 1.165) is 0 Å². The lowest BCUT2D eigenvalue weighted by Gasteiger charge is -2.16. The van der Waals surface area contributed by atoms with Gasteiger partial charge in [-0.25, -0.2) is 0 Å². The molecule has 5 nitrogen and oxygen atoms in total. The van der Waals surface area contributed by atoms with Crippen LogP contribution in [0.4, 0.5) is 0 Å². The molecule has 0 saturated carbocycles. The molecule has 0 rings (SSSR count). The van der Waals surface area contributed by atoms with Gasteiger partial charge in [0.15, 0.2) is 0 Å². The lowest BCUT2D eigenvalue weighted by Crippen LogP contribution is -2.37. The average Bonchev–Trinajstić information content (AvgIpc) is 2.34. The summed E-state index contributed by atoms with van der Waals surface area (Å²) in [6, 6.07) is -0.0621. The summed E-state index contributed by atoms with van der Waals surface area (Å²) in [4.78, 5) is 21.9. The molecule has 0 fully saturated rings. The summed E-state index contributed by atoms with van der Waals surface area (Å²) < 4.78 is 5.38. The number of carbonyl (C=O) groups is 2. The fraction of sp³-hybridized carbons (Fsp3) is 0.818. The van der Waals surface area contributed by atoms with Gasteiger partial charge in [-0.3, -0.25) is 9.59 Å². The number of rotatable bonds is 9. The van der Waals surface area contributed by atoms with Gasteiger partial charge in [-0.1, -0.05) is 0 Å². The molecule has 0 spiro atoms. The predicted octanol–water partition coefficient (Wildman–Crippen LogP) is 0.880. The van der Waals surface area contributed by atoms with E-state index < -0.39 is 0 Å². The fourth-order valence-electron chi connectivity index (χ4n) is 1.26. The molecule has 0 aliphatic carbocycles. The van der Waals surface area contributed by atoms with E-state index in [0.29, 0.717) is 19.6 Å². The zero-order valence-corrected chi connectivity index (χ0v) is 12.2. The van der Waals surface area contributed by atoms with E-state index in [1.807, 2.05) is 13.8 Å². The van der Waals surface area contributed by atoms with Crippen LogP contribution in [0.3, 0.4) is 0 Å². The second kappa shape index (κ2) is 10.4. The van der Waals surface area contributed by atoms with Crippen molar-refractivity contribution in [1.82, 2.24) is 10.6 Å². The highest BCUT2D eigenvalue weighted by Crippen LogP contribution is 1.94. The number of nitrogens with one attached hydrogen (secondary N) is 2. The molecular weight excluding hydrogens is 279 g/mol. The van der Waals surface area contributed by atoms with Crippen molar-refractivity contribution in [3.63, 3.8) is 0 Å². The maximum Gasteiger partial charge on any atom is 0.235 e. The zero-order chi connectivity index (χ0) is 14.0. The summed E-state index contributed by atoms with van der Waals surface area (Å²) in [6.07, 6.45) is 0.693. The Hall–Kier alpha value is -0.520. The second-order valence-electron chi connectivity index (χ2n) is 4.07. The molecule has 2 atom stereocenters. The van der Waals surface area contributed by atoms with Gasteiger partial charge in [0.2, 0.25) is 11.8 Å². The molecule has 2 N–H and O–H groups in total. The van der Waals surface area contributed by atoms with Gasteiger partial charge in [-0.2, -0.15) is 0 Å². The summed E-state index contributed by atoms with van der Waals surface area (Å²) in [7, 11) is 0. The van der Waals surface area contributed by atoms with E-state index >= 15 is 0 Å². The first kappa shape index (κ1) is 17.5.